The summed E-state index contributed by atoms with van der Waals surface area (Å²) < 4.78 is 0.398. The van der Waals surface area contributed by atoms with E-state index in [0.29, 0.717) is 9.23 Å². The van der Waals surface area contributed by atoms with Gasteiger partial charge in [-0.1, -0.05) is 66.4 Å². The molecule has 1 N–H and O–H groups in total. The van der Waals surface area contributed by atoms with Crippen molar-refractivity contribution in [2.24, 2.45) is 0 Å². The number of nitrogens with zero attached hydrogens (tertiary/aromatic N) is 1. The summed E-state index contributed by atoms with van der Waals surface area (Å²) in [6, 6.07) is 15.3. The molecule has 2 aromatic rings. The van der Waals surface area contributed by atoms with Gasteiger partial charge in [0, 0.05) is 5.69 Å². The number of hydrogen-bond donors (Lipinski definition) is 1. The highest BCUT2D eigenvalue weighted by molar-refractivity contribution is 8.26. The molecule has 1 saturated heterocycles. The largest absolute Gasteiger partial charge is 0.324 e. The van der Waals surface area contributed by atoms with Gasteiger partial charge in [0.2, 0.25) is 5.91 Å². The second-order valence-electron chi connectivity index (χ2n) is 5.99. The first-order valence-electron chi connectivity index (χ1n) is 8.12. The van der Waals surface area contributed by atoms with E-state index in [-0.39, 0.29) is 18.4 Å². The molecule has 0 aliphatic carbocycles. The first-order valence-corrected chi connectivity index (χ1v) is 9.34. The number of amides is 2. The van der Waals surface area contributed by atoms with Crippen molar-refractivity contribution < 1.29 is 9.59 Å². The summed E-state index contributed by atoms with van der Waals surface area (Å²) in [5, 5.41) is 2.83. The zero-order chi connectivity index (χ0) is 18.7. The number of para-hydroxylation sites is 1. The molecular formula is C20H18N2O2S2. The lowest BCUT2D eigenvalue weighted by Gasteiger charge is -2.15. The van der Waals surface area contributed by atoms with Crippen molar-refractivity contribution in [3.05, 3.63) is 70.1 Å². The molecule has 1 aliphatic rings. The van der Waals surface area contributed by atoms with Crippen molar-refractivity contribution in [1.29, 1.82) is 0 Å². The normalized spacial score (nSPS) is 15.6. The summed E-state index contributed by atoms with van der Waals surface area (Å²) in [5.41, 5.74) is 3.75. The maximum Gasteiger partial charge on any atom is 0.266 e. The average Bonchev–Trinajstić information content (AvgIpc) is 2.86. The lowest BCUT2D eigenvalue weighted by Crippen LogP contribution is -2.36. The van der Waals surface area contributed by atoms with E-state index >= 15 is 0 Å². The molecule has 26 heavy (non-hydrogen) atoms. The molecule has 4 nitrogen and oxygen atoms in total. The van der Waals surface area contributed by atoms with Crippen molar-refractivity contribution in [2.45, 2.75) is 13.8 Å². The number of carbonyl (C=O) groups is 2. The maximum absolute atomic E-state index is 12.7. The Balaban J connectivity index is 1.72. The number of thiocarbonyl (C=S) groups is 1. The van der Waals surface area contributed by atoms with Crippen molar-refractivity contribution in [2.75, 3.05) is 11.9 Å². The van der Waals surface area contributed by atoms with E-state index in [0.717, 1.165) is 22.4 Å². The van der Waals surface area contributed by atoms with E-state index in [1.807, 2.05) is 68.5 Å². The zero-order valence-electron chi connectivity index (χ0n) is 14.5. The fraction of sp³-hybridized carbons (Fsp3) is 0.150. The summed E-state index contributed by atoms with van der Waals surface area (Å²) in [5.74, 6) is -0.504. The van der Waals surface area contributed by atoms with Gasteiger partial charge in [0.25, 0.3) is 5.91 Å². The molecule has 0 spiro atoms. The van der Waals surface area contributed by atoms with Crippen LogP contribution in [0.25, 0.3) is 6.08 Å². The highest BCUT2D eigenvalue weighted by atomic mass is 32.2. The third kappa shape index (κ3) is 4.03. The highest BCUT2D eigenvalue weighted by Crippen LogP contribution is 2.32. The highest BCUT2D eigenvalue weighted by Gasteiger charge is 2.33. The Morgan fingerprint density at radius 3 is 2.46 bits per heavy atom. The summed E-state index contributed by atoms with van der Waals surface area (Å²) in [6.07, 6.45) is 1.83. The van der Waals surface area contributed by atoms with E-state index in [2.05, 4.69) is 5.32 Å². The lowest BCUT2D eigenvalue weighted by atomic mass is 10.1. The van der Waals surface area contributed by atoms with Gasteiger partial charge in [-0.05, 0) is 42.7 Å². The first kappa shape index (κ1) is 18.4. The molecule has 0 radical (unpaired) electrons. The molecule has 0 unspecified atom stereocenters. The van der Waals surface area contributed by atoms with Crippen LogP contribution in [-0.4, -0.2) is 27.6 Å². The molecule has 0 atom stereocenters. The number of anilines is 1. The first-order chi connectivity index (χ1) is 12.5. The van der Waals surface area contributed by atoms with Crippen molar-refractivity contribution in [1.82, 2.24) is 4.90 Å². The molecule has 0 saturated carbocycles. The molecule has 1 aliphatic heterocycles. The van der Waals surface area contributed by atoms with E-state index in [1.54, 1.807) is 0 Å². The minimum Gasteiger partial charge on any atom is -0.324 e. The maximum atomic E-state index is 12.7. The molecule has 2 aromatic carbocycles. The van der Waals surface area contributed by atoms with Crippen LogP contribution in [-0.2, 0) is 9.59 Å². The Morgan fingerprint density at radius 2 is 1.77 bits per heavy atom. The Labute approximate surface area is 162 Å². The molecule has 2 amide bonds. The van der Waals surface area contributed by atoms with Crippen LogP contribution in [0.3, 0.4) is 0 Å². The van der Waals surface area contributed by atoms with E-state index in [4.69, 9.17) is 12.2 Å². The number of hydrogen-bond acceptors (Lipinski definition) is 4. The molecule has 132 valence electrons. The molecule has 0 aromatic heterocycles. The molecule has 1 fully saturated rings. The number of nitrogens with one attached hydrogen (secondary N) is 1. The summed E-state index contributed by atoms with van der Waals surface area (Å²) in [4.78, 5) is 26.9. The minimum absolute atomic E-state index is 0.0931. The average molecular weight is 383 g/mol. The number of aryl methyl sites for hydroxylation is 2. The summed E-state index contributed by atoms with van der Waals surface area (Å²) in [6.45, 7) is 3.81. The van der Waals surface area contributed by atoms with Gasteiger partial charge in [-0.2, -0.15) is 0 Å². The van der Waals surface area contributed by atoms with Gasteiger partial charge in [0.05, 0.1) is 4.91 Å². The van der Waals surface area contributed by atoms with Crippen molar-refractivity contribution in [3.63, 3.8) is 0 Å². The molecular weight excluding hydrogens is 364 g/mol. The van der Waals surface area contributed by atoms with Crippen molar-refractivity contribution >= 4 is 51.9 Å². The topological polar surface area (TPSA) is 49.4 Å². The third-order valence-electron chi connectivity index (χ3n) is 4.07. The smallest absolute Gasteiger partial charge is 0.266 e. The predicted molar refractivity (Wildman–Crippen MR) is 111 cm³/mol. The number of carbonyl (C=O) groups excluding carboxylic acids is 2. The fourth-order valence-electron chi connectivity index (χ4n) is 2.57. The van der Waals surface area contributed by atoms with Crippen LogP contribution in [0, 0.1) is 13.8 Å². The fourth-order valence-corrected chi connectivity index (χ4v) is 3.82. The zero-order valence-corrected chi connectivity index (χ0v) is 16.1. The molecule has 3 rings (SSSR count). The SMILES string of the molecule is Cc1ccccc1/C=C1\SC(=S)N(CC(=O)Nc2ccccc2C)C1=O. The van der Waals surface area contributed by atoms with Gasteiger partial charge >= 0.3 is 0 Å². The molecule has 1 heterocycles. The Kier molecular flexibility index (Phi) is 5.54. The predicted octanol–water partition coefficient (Wildman–Crippen LogP) is 4.14. The van der Waals surface area contributed by atoms with Gasteiger partial charge < -0.3 is 5.32 Å². The van der Waals surface area contributed by atoms with Crippen LogP contribution >= 0.6 is 24.0 Å². The second kappa shape index (κ2) is 7.85. The monoisotopic (exact) mass is 382 g/mol. The van der Waals surface area contributed by atoms with Gasteiger partial charge in [-0.25, -0.2) is 0 Å². The summed E-state index contributed by atoms with van der Waals surface area (Å²) in [7, 11) is 0. The minimum atomic E-state index is -0.271. The number of rotatable bonds is 4. The lowest BCUT2D eigenvalue weighted by molar-refractivity contribution is -0.126. The van der Waals surface area contributed by atoms with Crippen LogP contribution in [0.15, 0.2) is 53.4 Å². The van der Waals surface area contributed by atoms with Crippen LogP contribution in [0.5, 0.6) is 0 Å². The second-order valence-corrected chi connectivity index (χ2v) is 7.66. The van der Waals surface area contributed by atoms with E-state index < -0.39 is 0 Å². The molecule has 6 heteroatoms. The Morgan fingerprint density at radius 1 is 1.12 bits per heavy atom. The van der Waals surface area contributed by atoms with Crippen LogP contribution in [0.2, 0.25) is 0 Å². The van der Waals surface area contributed by atoms with Crippen LogP contribution in [0.1, 0.15) is 16.7 Å². The van der Waals surface area contributed by atoms with Gasteiger partial charge in [0.1, 0.15) is 10.9 Å². The van der Waals surface area contributed by atoms with Gasteiger partial charge in [-0.15, -0.1) is 0 Å². The van der Waals surface area contributed by atoms with E-state index in [1.165, 1.54) is 16.7 Å². The van der Waals surface area contributed by atoms with Crippen molar-refractivity contribution in [3.8, 4) is 0 Å². The number of benzene rings is 2. The van der Waals surface area contributed by atoms with Crippen LogP contribution in [0.4, 0.5) is 5.69 Å². The van der Waals surface area contributed by atoms with Gasteiger partial charge in [-0.3, -0.25) is 14.5 Å². The Hall–Kier alpha value is -2.44. The molecule has 0 bridgehead atoms. The van der Waals surface area contributed by atoms with Gasteiger partial charge in [0.15, 0.2) is 0 Å². The van der Waals surface area contributed by atoms with Crippen LogP contribution < -0.4 is 5.32 Å². The van der Waals surface area contributed by atoms with E-state index in [9.17, 15) is 9.59 Å². The Bertz CT molecular complexity index is 922. The summed E-state index contributed by atoms with van der Waals surface area (Å²) >= 11 is 6.53. The number of thioether (sulfide) groups is 1. The standard InChI is InChI=1S/C20H18N2O2S2/c1-13-7-3-5-9-15(13)11-17-19(24)22(20(25)26-17)12-18(23)21-16-10-6-4-8-14(16)2/h3-11H,12H2,1-2H3,(H,21,23)/b17-11-. The quantitative estimate of drug-likeness (QED) is 0.638. The third-order valence-corrected chi connectivity index (χ3v) is 5.45.